The summed E-state index contributed by atoms with van der Waals surface area (Å²) in [5.41, 5.74) is 2.18. The molecule has 0 fully saturated rings. The lowest BCUT2D eigenvalue weighted by Gasteiger charge is -2.32. The average molecular weight is 558 g/mol. The maximum Gasteiger partial charge on any atom is 0.264 e. The van der Waals surface area contributed by atoms with Gasteiger partial charge in [0.15, 0.2) is 0 Å². The number of sulfonamides is 1. The number of carbonyl (C=O) groups is 2. The molecule has 1 atom stereocenters. The average Bonchev–Trinajstić information content (AvgIpc) is 2.86. The van der Waals surface area contributed by atoms with Crippen molar-refractivity contribution in [2.75, 3.05) is 17.9 Å². The molecule has 184 valence electrons. The van der Waals surface area contributed by atoms with Crippen LogP contribution >= 0.6 is 15.9 Å². The molecular weight excluding hydrogens is 530 g/mol. The third kappa shape index (κ3) is 6.29. The molecule has 0 radical (unpaired) electrons. The van der Waals surface area contributed by atoms with Crippen molar-refractivity contribution in [1.29, 1.82) is 0 Å². The number of amides is 2. The molecule has 0 heterocycles. The van der Waals surface area contributed by atoms with Crippen molar-refractivity contribution >= 4 is 43.5 Å². The van der Waals surface area contributed by atoms with Crippen LogP contribution in [0.2, 0.25) is 0 Å². The molecule has 0 aromatic heterocycles. The van der Waals surface area contributed by atoms with Crippen LogP contribution in [0.3, 0.4) is 0 Å². The van der Waals surface area contributed by atoms with Gasteiger partial charge >= 0.3 is 0 Å². The Hall–Kier alpha value is -3.17. The number of rotatable bonds is 9. The van der Waals surface area contributed by atoms with Crippen LogP contribution in [0, 0.1) is 6.92 Å². The summed E-state index contributed by atoms with van der Waals surface area (Å²) in [6, 6.07) is 21.4. The molecule has 0 aliphatic heterocycles. The smallest absolute Gasteiger partial charge is 0.264 e. The van der Waals surface area contributed by atoms with Gasteiger partial charge in [0.1, 0.15) is 12.6 Å². The molecule has 0 spiro atoms. The fourth-order valence-corrected chi connectivity index (χ4v) is 5.32. The van der Waals surface area contributed by atoms with E-state index in [9.17, 15) is 18.0 Å². The minimum atomic E-state index is -4.06. The summed E-state index contributed by atoms with van der Waals surface area (Å²) in [6.45, 7) is 3.26. The summed E-state index contributed by atoms with van der Waals surface area (Å²) in [6.07, 6.45) is 0. The number of hydrogen-bond acceptors (Lipinski definition) is 4. The number of anilines is 1. The zero-order chi connectivity index (χ0) is 25.6. The lowest BCUT2D eigenvalue weighted by molar-refractivity contribution is -0.139. The van der Waals surface area contributed by atoms with Gasteiger partial charge in [-0.15, -0.1) is 0 Å². The van der Waals surface area contributed by atoms with Crippen molar-refractivity contribution in [3.05, 3.63) is 94.5 Å². The van der Waals surface area contributed by atoms with E-state index in [1.165, 1.54) is 24.1 Å². The van der Waals surface area contributed by atoms with Crippen LogP contribution in [-0.4, -0.2) is 44.8 Å². The number of nitrogens with one attached hydrogen (secondary N) is 1. The largest absolute Gasteiger partial charge is 0.357 e. The van der Waals surface area contributed by atoms with E-state index in [4.69, 9.17) is 0 Å². The van der Waals surface area contributed by atoms with E-state index in [-0.39, 0.29) is 17.3 Å². The monoisotopic (exact) mass is 557 g/mol. The highest BCUT2D eigenvalue weighted by Gasteiger charge is 2.32. The molecule has 0 aliphatic carbocycles. The van der Waals surface area contributed by atoms with Gasteiger partial charge in [-0.2, -0.15) is 0 Å². The molecule has 0 aliphatic rings. The van der Waals surface area contributed by atoms with E-state index in [0.29, 0.717) is 5.69 Å². The standard InChI is InChI=1S/C26H28BrN3O4S/c1-19-9-7-8-10-21(19)17-29(20(2)26(32)28-3)25(31)18-30(23-15-13-22(27)14-16-23)35(33,34)24-11-5-4-6-12-24/h4-16,20H,17-18H2,1-3H3,(H,28,32). The molecule has 0 bridgehead atoms. The normalized spacial score (nSPS) is 12.0. The molecule has 1 N–H and O–H groups in total. The third-order valence-electron chi connectivity index (χ3n) is 5.74. The quantitative estimate of drug-likeness (QED) is 0.428. The van der Waals surface area contributed by atoms with Gasteiger partial charge < -0.3 is 10.2 Å². The highest BCUT2D eigenvalue weighted by atomic mass is 79.9. The zero-order valence-corrected chi connectivity index (χ0v) is 22.2. The van der Waals surface area contributed by atoms with Gasteiger partial charge in [0.25, 0.3) is 10.0 Å². The SMILES string of the molecule is CNC(=O)C(C)N(Cc1ccccc1C)C(=O)CN(c1ccc(Br)cc1)S(=O)(=O)c1ccccc1. The highest BCUT2D eigenvalue weighted by Crippen LogP contribution is 2.26. The maximum atomic E-state index is 13.7. The van der Waals surface area contributed by atoms with Crippen molar-refractivity contribution in [3.8, 4) is 0 Å². The number of benzene rings is 3. The first kappa shape index (κ1) is 26.4. The molecule has 0 saturated heterocycles. The second-order valence-corrected chi connectivity index (χ2v) is 10.8. The number of hydrogen-bond donors (Lipinski definition) is 1. The minimum Gasteiger partial charge on any atom is -0.357 e. The molecular formula is C26H28BrN3O4S. The lowest BCUT2D eigenvalue weighted by Crippen LogP contribution is -2.50. The summed E-state index contributed by atoms with van der Waals surface area (Å²) >= 11 is 3.36. The molecule has 0 saturated carbocycles. The highest BCUT2D eigenvalue weighted by molar-refractivity contribution is 9.10. The molecule has 3 aromatic carbocycles. The predicted octanol–water partition coefficient (Wildman–Crippen LogP) is 4.12. The van der Waals surface area contributed by atoms with Crippen LogP contribution in [0.1, 0.15) is 18.1 Å². The molecule has 7 nitrogen and oxygen atoms in total. The van der Waals surface area contributed by atoms with E-state index >= 15 is 0 Å². The second kappa shape index (κ2) is 11.5. The first-order chi connectivity index (χ1) is 16.6. The Kier molecular flexibility index (Phi) is 8.69. The second-order valence-electron chi connectivity index (χ2n) is 8.04. The Bertz CT molecular complexity index is 1280. The van der Waals surface area contributed by atoms with E-state index in [2.05, 4.69) is 21.2 Å². The number of likely N-dealkylation sites (N-methyl/N-ethyl adjacent to an activating group) is 1. The predicted molar refractivity (Wildman–Crippen MR) is 140 cm³/mol. The Morgan fingerprint density at radius 2 is 1.54 bits per heavy atom. The van der Waals surface area contributed by atoms with Crippen molar-refractivity contribution in [2.24, 2.45) is 0 Å². The van der Waals surface area contributed by atoms with E-state index in [0.717, 1.165) is 19.9 Å². The van der Waals surface area contributed by atoms with Gasteiger partial charge in [-0.3, -0.25) is 13.9 Å². The van der Waals surface area contributed by atoms with Gasteiger partial charge in [0.2, 0.25) is 11.8 Å². The first-order valence-electron chi connectivity index (χ1n) is 11.0. The topological polar surface area (TPSA) is 86.8 Å². The van der Waals surface area contributed by atoms with E-state index in [1.807, 2.05) is 31.2 Å². The third-order valence-corrected chi connectivity index (χ3v) is 8.06. The molecule has 35 heavy (non-hydrogen) atoms. The number of nitrogens with zero attached hydrogens (tertiary/aromatic N) is 2. The van der Waals surface area contributed by atoms with Crippen molar-refractivity contribution in [2.45, 2.75) is 31.3 Å². The Balaban J connectivity index is 2.02. The summed E-state index contributed by atoms with van der Waals surface area (Å²) < 4.78 is 29.1. The summed E-state index contributed by atoms with van der Waals surface area (Å²) in [7, 11) is -2.55. The maximum absolute atomic E-state index is 13.7. The number of aryl methyl sites for hydroxylation is 1. The van der Waals surface area contributed by atoms with Gasteiger partial charge in [-0.05, 0) is 61.4 Å². The number of halogens is 1. The molecule has 3 aromatic rings. The zero-order valence-electron chi connectivity index (χ0n) is 19.8. The van der Waals surface area contributed by atoms with Crippen LogP contribution < -0.4 is 9.62 Å². The molecule has 1 unspecified atom stereocenters. The summed E-state index contributed by atoms with van der Waals surface area (Å²) in [4.78, 5) is 27.7. The molecule has 2 amide bonds. The van der Waals surface area contributed by atoms with Crippen molar-refractivity contribution < 1.29 is 18.0 Å². The summed E-state index contributed by atoms with van der Waals surface area (Å²) in [5.74, 6) is -0.833. The Morgan fingerprint density at radius 3 is 2.14 bits per heavy atom. The van der Waals surface area contributed by atoms with Crippen molar-refractivity contribution in [1.82, 2.24) is 10.2 Å². The van der Waals surface area contributed by atoms with Gasteiger partial charge in [-0.25, -0.2) is 8.42 Å². The van der Waals surface area contributed by atoms with Crippen LogP contribution in [0.5, 0.6) is 0 Å². The number of carbonyl (C=O) groups excluding carboxylic acids is 2. The van der Waals surface area contributed by atoms with Gasteiger partial charge in [0.05, 0.1) is 10.6 Å². The van der Waals surface area contributed by atoms with Crippen LogP contribution in [0.25, 0.3) is 0 Å². The summed E-state index contributed by atoms with van der Waals surface area (Å²) in [5, 5.41) is 2.58. The van der Waals surface area contributed by atoms with Gasteiger partial charge in [-0.1, -0.05) is 58.4 Å². The fourth-order valence-electron chi connectivity index (χ4n) is 3.62. The van der Waals surface area contributed by atoms with E-state index in [1.54, 1.807) is 49.4 Å². The van der Waals surface area contributed by atoms with Gasteiger partial charge in [0, 0.05) is 18.1 Å². The van der Waals surface area contributed by atoms with Crippen molar-refractivity contribution in [3.63, 3.8) is 0 Å². The molecule has 3 rings (SSSR count). The fraction of sp³-hybridized carbons (Fsp3) is 0.231. The first-order valence-corrected chi connectivity index (χ1v) is 13.3. The Morgan fingerprint density at radius 1 is 0.943 bits per heavy atom. The van der Waals surface area contributed by atoms with Crippen LogP contribution in [0.4, 0.5) is 5.69 Å². The minimum absolute atomic E-state index is 0.0699. The molecule has 9 heteroatoms. The lowest BCUT2D eigenvalue weighted by atomic mass is 10.1. The van der Waals surface area contributed by atoms with E-state index < -0.39 is 28.5 Å². The Labute approximate surface area is 214 Å². The van der Waals surface area contributed by atoms with Crippen LogP contribution in [-0.2, 0) is 26.2 Å². The van der Waals surface area contributed by atoms with Crippen LogP contribution in [0.15, 0.2) is 88.2 Å².